The second kappa shape index (κ2) is 8.08. The van der Waals surface area contributed by atoms with Gasteiger partial charge in [-0.2, -0.15) is 0 Å². The van der Waals surface area contributed by atoms with Gasteiger partial charge in [0.1, 0.15) is 5.82 Å². The molecular formula is C23H30FN3O. The summed E-state index contributed by atoms with van der Waals surface area (Å²) in [5, 5.41) is 0. The van der Waals surface area contributed by atoms with Gasteiger partial charge in [-0.3, -0.25) is 9.69 Å². The van der Waals surface area contributed by atoms with Gasteiger partial charge in [0.05, 0.1) is 6.54 Å². The summed E-state index contributed by atoms with van der Waals surface area (Å²) < 4.78 is 15.5. The maximum absolute atomic E-state index is 13.1. The van der Waals surface area contributed by atoms with Crippen LogP contribution in [-0.4, -0.2) is 48.0 Å². The van der Waals surface area contributed by atoms with Crippen molar-refractivity contribution in [2.45, 2.75) is 45.6 Å². The van der Waals surface area contributed by atoms with Gasteiger partial charge in [0.25, 0.3) is 0 Å². The molecule has 0 radical (unpaired) electrons. The minimum absolute atomic E-state index is 0.205. The van der Waals surface area contributed by atoms with E-state index in [1.54, 1.807) is 0 Å². The van der Waals surface area contributed by atoms with Gasteiger partial charge in [0.2, 0.25) is 0 Å². The number of hydrogen-bond acceptors (Lipinski definition) is 3. The van der Waals surface area contributed by atoms with Crippen molar-refractivity contribution in [3.8, 4) is 0 Å². The van der Waals surface area contributed by atoms with Gasteiger partial charge >= 0.3 is 0 Å². The van der Waals surface area contributed by atoms with Crippen LogP contribution in [0.15, 0.2) is 30.3 Å². The third-order valence-corrected chi connectivity index (χ3v) is 6.41. The number of carbonyl (C=O) groups is 1. The van der Waals surface area contributed by atoms with E-state index in [2.05, 4.69) is 34.3 Å². The van der Waals surface area contributed by atoms with E-state index in [0.29, 0.717) is 12.6 Å². The zero-order chi connectivity index (χ0) is 19.7. The lowest BCUT2D eigenvalue weighted by molar-refractivity contribution is 0.0925. The lowest BCUT2D eigenvalue weighted by atomic mass is 10.1. The number of ketones is 1. The highest BCUT2D eigenvalue weighted by molar-refractivity contribution is 5.99. The molecule has 2 fully saturated rings. The number of Topliss-reactive ketones (excluding diaryl/α,β-unsaturated/α-hetero) is 1. The number of aryl methyl sites for hydroxylation is 1. The normalized spacial score (nSPS) is 18.8. The van der Waals surface area contributed by atoms with Gasteiger partial charge in [-0.05, 0) is 57.0 Å². The average Bonchev–Trinajstić information content (AvgIpc) is 3.31. The van der Waals surface area contributed by atoms with Crippen LogP contribution in [0.25, 0.3) is 0 Å². The molecule has 4 rings (SSSR count). The number of hydrogen-bond donors (Lipinski definition) is 0. The fraction of sp³-hybridized carbons (Fsp3) is 0.522. The first-order valence-electron chi connectivity index (χ1n) is 10.5. The molecule has 0 spiro atoms. The van der Waals surface area contributed by atoms with Crippen LogP contribution in [0.4, 0.5) is 10.1 Å². The third kappa shape index (κ3) is 3.86. The summed E-state index contributed by atoms with van der Waals surface area (Å²) in [5.74, 6) is 0.0239. The molecule has 1 aliphatic carbocycles. The van der Waals surface area contributed by atoms with Crippen molar-refractivity contribution >= 4 is 11.5 Å². The van der Waals surface area contributed by atoms with E-state index in [1.165, 1.54) is 43.5 Å². The number of aromatic nitrogens is 1. The van der Waals surface area contributed by atoms with Crippen molar-refractivity contribution in [1.82, 2.24) is 9.47 Å². The first-order chi connectivity index (χ1) is 13.5. The minimum Gasteiger partial charge on any atom is -0.369 e. The van der Waals surface area contributed by atoms with Gasteiger partial charge in [0, 0.05) is 54.9 Å². The molecule has 2 heterocycles. The Labute approximate surface area is 166 Å². The first kappa shape index (κ1) is 19.2. The standard InChI is InChI=1S/C23H30FN3O/c1-17-15-22(18(2)27(17)21-5-3-4-6-21)23(28)16-25-11-13-26(14-12-25)20-9-7-19(24)8-10-20/h7-10,15,21H,3-6,11-14,16H2,1-2H3. The van der Waals surface area contributed by atoms with Crippen LogP contribution in [-0.2, 0) is 0 Å². The van der Waals surface area contributed by atoms with Crippen LogP contribution in [0.5, 0.6) is 0 Å². The Bertz CT molecular complexity index is 828. The minimum atomic E-state index is -0.205. The molecule has 1 saturated carbocycles. The number of rotatable bonds is 5. The Hall–Kier alpha value is -2.14. The Kier molecular flexibility index (Phi) is 5.54. The molecule has 2 aliphatic rings. The van der Waals surface area contributed by atoms with E-state index in [9.17, 15) is 9.18 Å². The van der Waals surface area contributed by atoms with Crippen LogP contribution in [0.2, 0.25) is 0 Å². The monoisotopic (exact) mass is 383 g/mol. The molecule has 0 unspecified atom stereocenters. The van der Waals surface area contributed by atoms with E-state index in [-0.39, 0.29) is 11.6 Å². The SMILES string of the molecule is Cc1cc(C(=O)CN2CCN(c3ccc(F)cc3)CC2)c(C)n1C1CCCC1. The largest absolute Gasteiger partial charge is 0.369 e. The van der Waals surface area contributed by atoms with E-state index >= 15 is 0 Å². The molecule has 28 heavy (non-hydrogen) atoms. The molecule has 0 N–H and O–H groups in total. The fourth-order valence-corrected chi connectivity index (χ4v) is 4.89. The van der Waals surface area contributed by atoms with Gasteiger partial charge < -0.3 is 9.47 Å². The van der Waals surface area contributed by atoms with E-state index in [4.69, 9.17) is 0 Å². The van der Waals surface area contributed by atoms with Crippen molar-refractivity contribution in [1.29, 1.82) is 0 Å². The highest BCUT2D eigenvalue weighted by Crippen LogP contribution is 2.33. The van der Waals surface area contributed by atoms with Crippen LogP contribution < -0.4 is 4.90 Å². The molecule has 5 heteroatoms. The molecule has 4 nitrogen and oxygen atoms in total. The predicted octanol–water partition coefficient (Wildman–Crippen LogP) is 4.36. The van der Waals surface area contributed by atoms with Gasteiger partial charge in [0.15, 0.2) is 5.78 Å². The summed E-state index contributed by atoms with van der Waals surface area (Å²) in [6.45, 7) is 8.13. The average molecular weight is 384 g/mol. The topological polar surface area (TPSA) is 28.5 Å². The summed E-state index contributed by atoms with van der Waals surface area (Å²) in [7, 11) is 0. The van der Waals surface area contributed by atoms with Gasteiger partial charge in [-0.15, -0.1) is 0 Å². The molecule has 0 amide bonds. The quantitative estimate of drug-likeness (QED) is 0.718. The maximum Gasteiger partial charge on any atom is 0.178 e. The molecular weight excluding hydrogens is 353 g/mol. The van der Waals surface area contributed by atoms with E-state index in [1.807, 2.05) is 12.1 Å². The second-order valence-corrected chi connectivity index (χ2v) is 8.26. The molecule has 1 saturated heterocycles. The van der Waals surface area contributed by atoms with Crippen molar-refractivity contribution in [3.05, 3.63) is 53.1 Å². The van der Waals surface area contributed by atoms with Crippen LogP contribution in [0.3, 0.4) is 0 Å². The number of anilines is 1. The lowest BCUT2D eigenvalue weighted by Crippen LogP contribution is -2.48. The highest BCUT2D eigenvalue weighted by Gasteiger charge is 2.25. The van der Waals surface area contributed by atoms with Gasteiger partial charge in [-0.25, -0.2) is 4.39 Å². The van der Waals surface area contributed by atoms with Crippen LogP contribution in [0, 0.1) is 19.7 Å². The molecule has 1 aliphatic heterocycles. The van der Waals surface area contributed by atoms with Crippen molar-refractivity contribution < 1.29 is 9.18 Å². The number of nitrogens with zero attached hydrogens (tertiary/aromatic N) is 3. The molecule has 1 aromatic carbocycles. The maximum atomic E-state index is 13.1. The van der Waals surface area contributed by atoms with Gasteiger partial charge in [-0.1, -0.05) is 12.8 Å². The zero-order valence-corrected chi connectivity index (χ0v) is 17.0. The Morgan fingerprint density at radius 3 is 2.32 bits per heavy atom. The Morgan fingerprint density at radius 2 is 1.68 bits per heavy atom. The Balaban J connectivity index is 1.37. The summed E-state index contributed by atoms with van der Waals surface area (Å²) in [5.41, 5.74) is 4.30. The zero-order valence-electron chi connectivity index (χ0n) is 17.0. The number of carbonyl (C=O) groups excluding carboxylic acids is 1. The fourth-order valence-electron chi connectivity index (χ4n) is 4.89. The smallest absolute Gasteiger partial charge is 0.178 e. The molecule has 150 valence electrons. The molecule has 0 bridgehead atoms. The highest BCUT2D eigenvalue weighted by atomic mass is 19.1. The first-order valence-corrected chi connectivity index (χ1v) is 10.5. The lowest BCUT2D eigenvalue weighted by Gasteiger charge is -2.35. The molecule has 1 aromatic heterocycles. The summed E-state index contributed by atoms with van der Waals surface area (Å²) in [4.78, 5) is 17.5. The molecule has 0 atom stereocenters. The summed E-state index contributed by atoms with van der Waals surface area (Å²) in [6, 6.07) is 9.32. The number of benzene rings is 1. The predicted molar refractivity (Wildman–Crippen MR) is 111 cm³/mol. The summed E-state index contributed by atoms with van der Waals surface area (Å²) in [6.07, 6.45) is 5.05. The molecule has 2 aromatic rings. The number of piperazine rings is 1. The van der Waals surface area contributed by atoms with Crippen molar-refractivity contribution in [2.24, 2.45) is 0 Å². The second-order valence-electron chi connectivity index (χ2n) is 8.26. The van der Waals surface area contributed by atoms with E-state index < -0.39 is 0 Å². The van der Waals surface area contributed by atoms with Crippen molar-refractivity contribution in [3.63, 3.8) is 0 Å². The Morgan fingerprint density at radius 1 is 1.04 bits per heavy atom. The number of halogens is 1. The van der Waals surface area contributed by atoms with Crippen LogP contribution in [0.1, 0.15) is 53.5 Å². The third-order valence-electron chi connectivity index (χ3n) is 6.41. The van der Waals surface area contributed by atoms with Crippen LogP contribution >= 0.6 is 0 Å². The van der Waals surface area contributed by atoms with Crippen molar-refractivity contribution in [2.75, 3.05) is 37.6 Å². The van der Waals surface area contributed by atoms with E-state index in [0.717, 1.165) is 43.1 Å². The summed E-state index contributed by atoms with van der Waals surface area (Å²) >= 11 is 0.